The number of hydrogen-bond donors (Lipinski definition) is 1. The van der Waals surface area contributed by atoms with E-state index in [1.807, 2.05) is 42.5 Å². The standard InChI is InChI=1S/C22H22N4O2/c1-28-20-9-5-3-7-17(20)12-14-23-21-11-10-18(24-25-21)22(27)26-15-13-16-6-2-4-8-19(16)26/h2-11H,12-15H2,1H3,(H,23,25). The number of aromatic nitrogens is 2. The molecule has 0 atom stereocenters. The van der Waals surface area contributed by atoms with Crippen LogP contribution in [0.1, 0.15) is 21.6 Å². The number of fused-ring (bicyclic) bond motifs is 1. The maximum atomic E-state index is 12.8. The van der Waals surface area contributed by atoms with Gasteiger partial charge >= 0.3 is 0 Å². The molecular formula is C22H22N4O2. The average molecular weight is 374 g/mol. The number of anilines is 2. The topological polar surface area (TPSA) is 67.3 Å². The van der Waals surface area contributed by atoms with Gasteiger partial charge in [-0.1, -0.05) is 36.4 Å². The van der Waals surface area contributed by atoms with E-state index in [1.165, 1.54) is 5.56 Å². The molecule has 3 aromatic rings. The molecule has 1 aliphatic rings. The van der Waals surface area contributed by atoms with Gasteiger partial charge in [-0.25, -0.2) is 0 Å². The number of ether oxygens (including phenoxy) is 1. The highest BCUT2D eigenvalue weighted by molar-refractivity contribution is 6.06. The fourth-order valence-electron chi connectivity index (χ4n) is 3.46. The molecule has 0 saturated heterocycles. The number of nitrogens with zero attached hydrogens (tertiary/aromatic N) is 3. The van der Waals surface area contributed by atoms with E-state index in [2.05, 4.69) is 21.6 Å². The quantitative estimate of drug-likeness (QED) is 0.717. The van der Waals surface area contributed by atoms with Crippen LogP contribution in [0.5, 0.6) is 5.75 Å². The summed E-state index contributed by atoms with van der Waals surface area (Å²) >= 11 is 0. The van der Waals surface area contributed by atoms with Gasteiger partial charge in [-0.3, -0.25) is 4.79 Å². The molecule has 0 saturated carbocycles. The van der Waals surface area contributed by atoms with Gasteiger partial charge in [-0.05, 0) is 48.2 Å². The molecule has 28 heavy (non-hydrogen) atoms. The average Bonchev–Trinajstić information content (AvgIpc) is 3.18. The van der Waals surface area contributed by atoms with E-state index in [0.29, 0.717) is 24.6 Å². The van der Waals surface area contributed by atoms with Crippen LogP contribution in [0.2, 0.25) is 0 Å². The summed E-state index contributed by atoms with van der Waals surface area (Å²) < 4.78 is 5.37. The third-order valence-corrected chi connectivity index (χ3v) is 4.91. The van der Waals surface area contributed by atoms with E-state index < -0.39 is 0 Å². The number of amides is 1. The Morgan fingerprint density at radius 2 is 1.89 bits per heavy atom. The Morgan fingerprint density at radius 3 is 2.71 bits per heavy atom. The highest BCUT2D eigenvalue weighted by Gasteiger charge is 2.26. The van der Waals surface area contributed by atoms with Crippen molar-refractivity contribution in [1.82, 2.24) is 10.2 Å². The zero-order valence-electron chi connectivity index (χ0n) is 15.8. The van der Waals surface area contributed by atoms with Crippen LogP contribution >= 0.6 is 0 Å². The summed E-state index contributed by atoms with van der Waals surface area (Å²) in [6.45, 7) is 1.38. The number of carbonyl (C=O) groups excluding carboxylic acids is 1. The summed E-state index contributed by atoms with van der Waals surface area (Å²) in [6.07, 6.45) is 1.68. The second-order valence-electron chi connectivity index (χ2n) is 6.63. The third kappa shape index (κ3) is 3.67. The Morgan fingerprint density at radius 1 is 1.07 bits per heavy atom. The maximum absolute atomic E-state index is 12.8. The SMILES string of the molecule is COc1ccccc1CCNc1ccc(C(=O)N2CCc3ccccc32)nn1. The molecule has 0 radical (unpaired) electrons. The summed E-state index contributed by atoms with van der Waals surface area (Å²) in [5.74, 6) is 1.41. The van der Waals surface area contributed by atoms with Crippen molar-refractivity contribution < 1.29 is 9.53 Å². The molecule has 6 heteroatoms. The zero-order chi connectivity index (χ0) is 19.3. The summed E-state index contributed by atoms with van der Waals surface area (Å²) in [4.78, 5) is 14.6. The lowest BCUT2D eigenvalue weighted by Gasteiger charge is -2.16. The molecule has 6 nitrogen and oxygen atoms in total. The molecule has 1 amide bonds. The smallest absolute Gasteiger partial charge is 0.278 e. The molecular weight excluding hydrogens is 352 g/mol. The van der Waals surface area contributed by atoms with Crippen molar-refractivity contribution in [3.8, 4) is 5.75 Å². The molecule has 0 unspecified atom stereocenters. The molecule has 2 aromatic carbocycles. The minimum Gasteiger partial charge on any atom is -0.496 e. The molecule has 0 spiro atoms. The number of rotatable bonds is 6. The molecule has 1 aromatic heterocycles. The molecule has 0 aliphatic carbocycles. The van der Waals surface area contributed by atoms with Crippen LogP contribution in [-0.4, -0.2) is 36.3 Å². The van der Waals surface area contributed by atoms with Crippen molar-refractivity contribution in [1.29, 1.82) is 0 Å². The lowest BCUT2D eigenvalue weighted by atomic mass is 10.1. The molecule has 4 rings (SSSR count). The van der Waals surface area contributed by atoms with Crippen LogP contribution in [0, 0.1) is 0 Å². The summed E-state index contributed by atoms with van der Waals surface area (Å²) in [7, 11) is 1.67. The van der Waals surface area contributed by atoms with E-state index in [9.17, 15) is 4.79 Å². The van der Waals surface area contributed by atoms with Gasteiger partial charge in [0.15, 0.2) is 5.69 Å². The van der Waals surface area contributed by atoms with Gasteiger partial charge in [-0.2, -0.15) is 0 Å². The molecule has 142 valence electrons. The largest absolute Gasteiger partial charge is 0.496 e. The fraction of sp³-hybridized carbons (Fsp3) is 0.227. The molecule has 2 heterocycles. The van der Waals surface area contributed by atoms with Gasteiger partial charge in [0.25, 0.3) is 5.91 Å². The minimum absolute atomic E-state index is 0.113. The normalized spacial score (nSPS) is 12.5. The Bertz CT molecular complexity index is 972. The van der Waals surface area contributed by atoms with Crippen molar-refractivity contribution in [2.45, 2.75) is 12.8 Å². The van der Waals surface area contributed by atoms with Crippen LogP contribution in [0.25, 0.3) is 0 Å². The van der Waals surface area contributed by atoms with E-state index in [-0.39, 0.29) is 5.91 Å². The van der Waals surface area contributed by atoms with Crippen molar-refractivity contribution in [3.05, 3.63) is 77.5 Å². The van der Waals surface area contributed by atoms with E-state index >= 15 is 0 Å². The Hall–Kier alpha value is -3.41. The number of carbonyl (C=O) groups is 1. The monoisotopic (exact) mass is 374 g/mol. The van der Waals surface area contributed by atoms with Gasteiger partial charge in [-0.15, -0.1) is 10.2 Å². The summed E-state index contributed by atoms with van der Waals surface area (Å²) in [6, 6.07) is 19.4. The number of nitrogens with one attached hydrogen (secondary N) is 1. The van der Waals surface area contributed by atoms with Crippen LogP contribution in [-0.2, 0) is 12.8 Å². The summed E-state index contributed by atoms with van der Waals surface area (Å²) in [5.41, 5.74) is 3.64. The van der Waals surface area contributed by atoms with Gasteiger partial charge in [0.2, 0.25) is 0 Å². The number of para-hydroxylation sites is 2. The van der Waals surface area contributed by atoms with Crippen molar-refractivity contribution in [2.24, 2.45) is 0 Å². The van der Waals surface area contributed by atoms with Crippen LogP contribution in [0.3, 0.4) is 0 Å². The number of methoxy groups -OCH3 is 1. The minimum atomic E-state index is -0.113. The first-order valence-corrected chi connectivity index (χ1v) is 9.35. The first-order valence-electron chi connectivity index (χ1n) is 9.35. The van der Waals surface area contributed by atoms with Crippen molar-refractivity contribution in [3.63, 3.8) is 0 Å². The second-order valence-corrected chi connectivity index (χ2v) is 6.63. The predicted octanol–water partition coefficient (Wildman–Crippen LogP) is 3.34. The Balaban J connectivity index is 1.37. The van der Waals surface area contributed by atoms with E-state index in [0.717, 1.165) is 29.8 Å². The number of hydrogen-bond acceptors (Lipinski definition) is 5. The van der Waals surface area contributed by atoms with Crippen LogP contribution in [0.4, 0.5) is 11.5 Å². The first-order chi connectivity index (χ1) is 13.8. The molecule has 0 bridgehead atoms. The van der Waals surface area contributed by atoms with Crippen LogP contribution in [0.15, 0.2) is 60.7 Å². The maximum Gasteiger partial charge on any atom is 0.278 e. The lowest BCUT2D eigenvalue weighted by Crippen LogP contribution is -2.29. The molecule has 1 aliphatic heterocycles. The number of benzene rings is 2. The van der Waals surface area contributed by atoms with Crippen molar-refractivity contribution in [2.75, 3.05) is 30.4 Å². The van der Waals surface area contributed by atoms with Gasteiger partial charge in [0.05, 0.1) is 7.11 Å². The molecule has 1 N–H and O–H groups in total. The summed E-state index contributed by atoms with van der Waals surface area (Å²) in [5, 5.41) is 11.5. The predicted molar refractivity (Wildman–Crippen MR) is 109 cm³/mol. The first kappa shape index (κ1) is 18.0. The van der Waals surface area contributed by atoms with Gasteiger partial charge in [0.1, 0.15) is 11.6 Å². The van der Waals surface area contributed by atoms with Gasteiger partial charge in [0, 0.05) is 18.8 Å². The van der Waals surface area contributed by atoms with E-state index in [4.69, 9.17) is 4.74 Å². The Labute approximate surface area is 164 Å². The highest BCUT2D eigenvalue weighted by Crippen LogP contribution is 2.28. The fourth-order valence-corrected chi connectivity index (χ4v) is 3.46. The molecule has 0 fully saturated rings. The highest BCUT2D eigenvalue weighted by atomic mass is 16.5. The van der Waals surface area contributed by atoms with Crippen molar-refractivity contribution >= 4 is 17.4 Å². The second kappa shape index (κ2) is 8.08. The zero-order valence-corrected chi connectivity index (χ0v) is 15.8. The third-order valence-electron chi connectivity index (χ3n) is 4.91. The lowest BCUT2D eigenvalue weighted by molar-refractivity contribution is 0.0983. The van der Waals surface area contributed by atoms with Crippen LogP contribution < -0.4 is 15.0 Å². The van der Waals surface area contributed by atoms with E-state index in [1.54, 1.807) is 24.1 Å². The van der Waals surface area contributed by atoms with Gasteiger partial charge < -0.3 is 15.0 Å². The Kier molecular flexibility index (Phi) is 5.19.